The molecule has 3 rings (SSSR count). The van der Waals surface area contributed by atoms with E-state index in [2.05, 4.69) is 16.9 Å². The number of carbonyl (C=O) groups is 3. The average Bonchev–Trinajstić information content (AvgIpc) is 3.04. The summed E-state index contributed by atoms with van der Waals surface area (Å²) in [6.07, 6.45) is 3.99. The van der Waals surface area contributed by atoms with Crippen molar-refractivity contribution in [3.05, 3.63) is 66.3 Å². The van der Waals surface area contributed by atoms with E-state index in [1.807, 2.05) is 0 Å². The minimum Gasteiger partial charge on any atom is -0.493 e. The Morgan fingerprint density at radius 3 is 2.67 bits per heavy atom. The molecule has 4 atom stereocenters. The Balaban J connectivity index is 1.75. The number of halogens is 1. The molecular formula is C31H39FN2O9. The number of rotatable bonds is 14. The first-order chi connectivity index (χ1) is 20.8. The third-order valence-electron chi connectivity index (χ3n) is 6.86. The van der Waals surface area contributed by atoms with Crippen LogP contribution in [0, 0.1) is 11.7 Å². The maximum absolute atomic E-state index is 13.5. The second kappa shape index (κ2) is 17.2. The highest BCUT2D eigenvalue weighted by molar-refractivity contribution is 5.98. The van der Waals surface area contributed by atoms with Crippen LogP contribution in [0.1, 0.15) is 49.2 Å². The van der Waals surface area contributed by atoms with E-state index in [4.69, 9.17) is 28.4 Å². The summed E-state index contributed by atoms with van der Waals surface area (Å²) in [7, 11) is 1.38. The number of nitrogens with one attached hydrogen (secondary N) is 1. The number of aromatic nitrogens is 1. The normalized spacial score (nSPS) is 20.5. The van der Waals surface area contributed by atoms with Crippen molar-refractivity contribution in [2.75, 3.05) is 33.7 Å². The van der Waals surface area contributed by atoms with E-state index >= 15 is 0 Å². The molecule has 4 unspecified atom stereocenters. The summed E-state index contributed by atoms with van der Waals surface area (Å²) in [6, 6.07) is 6.78. The fourth-order valence-electron chi connectivity index (χ4n) is 4.81. The molecule has 11 nitrogen and oxygen atoms in total. The third kappa shape index (κ3) is 10.0. The quantitative estimate of drug-likeness (QED) is 0.194. The number of amides is 1. The summed E-state index contributed by atoms with van der Waals surface area (Å²) in [4.78, 5) is 42.5. The lowest BCUT2D eigenvalue weighted by molar-refractivity contribution is -0.160. The van der Waals surface area contributed by atoms with Crippen LogP contribution < -0.4 is 14.8 Å². The van der Waals surface area contributed by atoms with Gasteiger partial charge in [-0.15, -0.1) is 6.58 Å². The zero-order valence-electron chi connectivity index (χ0n) is 24.7. The van der Waals surface area contributed by atoms with E-state index in [1.54, 1.807) is 32.1 Å². The molecule has 1 aliphatic rings. The van der Waals surface area contributed by atoms with Crippen LogP contribution in [0.15, 0.2) is 49.2 Å². The van der Waals surface area contributed by atoms with Gasteiger partial charge in [-0.1, -0.05) is 24.6 Å². The van der Waals surface area contributed by atoms with Gasteiger partial charge in [0.2, 0.25) is 6.79 Å². The summed E-state index contributed by atoms with van der Waals surface area (Å²) < 4.78 is 46.2. The molecule has 0 saturated carbocycles. The minimum atomic E-state index is -0.982. The monoisotopic (exact) mass is 602 g/mol. The van der Waals surface area contributed by atoms with Crippen LogP contribution >= 0.6 is 0 Å². The molecule has 1 aromatic heterocycles. The van der Waals surface area contributed by atoms with Crippen LogP contribution in [0.25, 0.3) is 0 Å². The smallest absolute Gasteiger partial charge is 0.334 e. The zero-order valence-corrected chi connectivity index (χ0v) is 24.7. The standard InChI is InChI=1S/C31H39FN2O9/c1-5-16-40-28-20(3)43-31(37)24(9-7-8-22(28)17-21-10-12-23(32)13-11-21)34-30(36)27-29(25(38-4)14-15-33-27)42-19-41-26(35)18-39-6-2/h5,10-15,20,22,24,28H,1,6-9,16-19H2,2-4H3,(H,34,36). The number of carbonyl (C=O) groups excluding carboxylic acids is 3. The number of ether oxygens (including phenoxy) is 6. The number of nitrogens with zero attached hydrogens (tertiary/aromatic N) is 1. The van der Waals surface area contributed by atoms with Crippen LogP contribution in [0.3, 0.4) is 0 Å². The first-order valence-electron chi connectivity index (χ1n) is 14.1. The number of hydrogen-bond donors (Lipinski definition) is 1. The van der Waals surface area contributed by atoms with Gasteiger partial charge in [0.25, 0.3) is 5.91 Å². The van der Waals surface area contributed by atoms with Gasteiger partial charge in [-0.3, -0.25) is 4.79 Å². The number of pyridine rings is 1. The summed E-state index contributed by atoms with van der Waals surface area (Å²) >= 11 is 0. The summed E-state index contributed by atoms with van der Waals surface area (Å²) in [6.45, 7) is 7.05. The van der Waals surface area contributed by atoms with E-state index in [0.717, 1.165) is 5.56 Å². The fourth-order valence-corrected chi connectivity index (χ4v) is 4.81. The first kappa shape index (κ1) is 33.5. The largest absolute Gasteiger partial charge is 0.493 e. The second-order valence-electron chi connectivity index (χ2n) is 9.88. The van der Waals surface area contributed by atoms with Crippen LogP contribution in [-0.4, -0.2) is 74.8 Å². The number of cyclic esters (lactones) is 1. The van der Waals surface area contributed by atoms with Crippen molar-refractivity contribution in [1.29, 1.82) is 0 Å². The van der Waals surface area contributed by atoms with Gasteiger partial charge in [0, 0.05) is 18.9 Å². The molecule has 43 heavy (non-hydrogen) atoms. The topological polar surface area (TPSA) is 132 Å². The van der Waals surface area contributed by atoms with Crippen LogP contribution in [0.4, 0.5) is 4.39 Å². The van der Waals surface area contributed by atoms with E-state index in [1.165, 1.54) is 31.5 Å². The highest BCUT2D eigenvalue weighted by atomic mass is 19.1. The Bertz CT molecular complexity index is 1220. The van der Waals surface area contributed by atoms with Crippen molar-refractivity contribution in [3.63, 3.8) is 0 Å². The van der Waals surface area contributed by atoms with Crippen molar-refractivity contribution < 1.29 is 47.2 Å². The molecule has 1 saturated heterocycles. The molecule has 12 heteroatoms. The fraction of sp³-hybridized carbons (Fsp3) is 0.484. The van der Waals surface area contributed by atoms with Crippen LogP contribution in [0.5, 0.6) is 11.5 Å². The molecule has 2 aromatic rings. The highest BCUT2D eigenvalue weighted by Gasteiger charge is 2.35. The zero-order chi connectivity index (χ0) is 31.2. The van der Waals surface area contributed by atoms with E-state index in [0.29, 0.717) is 32.3 Å². The number of benzene rings is 1. The van der Waals surface area contributed by atoms with E-state index in [9.17, 15) is 18.8 Å². The lowest BCUT2D eigenvalue weighted by Crippen LogP contribution is -2.44. The second-order valence-corrected chi connectivity index (χ2v) is 9.88. The summed E-state index contributed by atoms with van der Waals surface area (Å²) in [5.41, 5.74) is 0.767. The maximum atomic E-state index is 13.5. The van der Waals surface area contributed by atoms with Gasteiger partial charge in [-0.25, -0.2) is 19.0 Å². The Labute approximate surface area is 250 Å². The van der Waals surface area contributed by atoms with E-state index in [-0.39, 0.29) is 42.1 Å². The molecule has 1 N–H and O–H groups in total. The average molecular weight is 603 g/mol. The van der Waals surface area contributed by atoms with Crippen LogP contribution in [0.2, 0.25) is 0 Å². The minimum absolute atomic E-state index is 0.0480. The maximum Gasteiger partial charge on any atom is 0.334 e. The van der Waals surface area contributed by atoms with Gasteiger partial charge in [-0.2, -0.15) is 0 Å². The predicted molar refractivity (Wildman–Crippen MR) is 153 cm³/mol. The number of hydrogen-bond acceptors (Lipinski definition) is 10. The summed E-state index contributed by atoms with van der Waals surface area (Å²) in [5, 5.41) is 2.71. The van der Waals surface area contributed by atoms with Gasteiger partial charge >= 0.3 is 11.9 Å². The molecule has 1 aliphatic heterocycles. The Kier molecular flexibility index (Phi) is 13.4. The third-order valence-corrected chi connectivity index (χ3v) is 6.86. The summed E-state index contributed by atoms with van der Waals surface area (Å²) in [5.74, 6) is -2.22. The van der Waals surface area contributed by atoms with Gasteiger partial charge in [-0.05, 0) is 56.7 Å². The molecule has 0 spiro atoms. The predicted octanol–water partition coefficient (Wildman–Crippen LogP) is 3.79. The lowest BCUT2D eigenvalue weighted by Gasteiger charge is -2.31. The molecule has 234 valence electrons. The molecule has 0 bridgehead atoms. The van der Waals surface area contributed by atoms with Crippen molar-refractivity contribution in [1.82, 2.24) is 10.3 Å². The van der Waals surface area contributed by atoms with E-state index < -0.39 is 42.9 Å². The molecule has 0 aliphatic carbocycles. The Morgan fingerprint density at radius 1 is 1.21 bits per heavy atom. The molecule has 0 radical (unpaired) electrons. The van der Waals surface area contributed by atoms with Gasteiger partial charge in [0.15, 0.2) is 17.2 Å². The SMILES string of the molecule is C=CCOC1C(Cc2ccc(F)cc2)CCCC(NC(=O)c2nccc(OC)c2OCOC(=O)COCC)C(=O)OC1C. The molecule has 2 heterocycles. The van der Waals surface area contributed by atoms with Crippen molar-refractivity contribution in [2.24, 2.45) is 5.92 Å². The Hall–Kier alpha value is -4.03. The molecule has 1 aromatic carbocycles. The van der Waals surface area contributed by atoms with Gasteiger partial charge < -0.3 is 33.7 Å². The molecule has 1 fully saturated rings. The van der Waals surface area contributed by atoms with Gasteiger partial charge in [0.1, 0.15) is 24.6 Å². The number of methoxy groups -OCH3 is 1. The van der Waals surface area contributed by atoms with Crippen molar-refractivity contribution in [3.8, 4) is 11.5 Å². The van der Waals surface area contributed by atoms with Crippen molar-refractivity contribution in [2.45, 2.75) is 57.8 Å². The molecule has 1 amide bonds. The number of esters is 2. The van der Waals surface area contributed by atoms with Crippen molar-refractivity contribution >= 4 is 17.8 Å². The Morgan fingerprint density at radius 2 is 1.98 bits per heavy atom. The van der Waals surface area contributed by atoms with Crippen LogP contribution in [-0.2, 0) is 35.0 Å². The lowest BCUT2D eigenvalue weighted by atomic mass is 9.87. The van der Waals surface area contributed by atoms with Gasteiger partial charge in [0.05, 0.1) is 19.8 Å². The highest BCUT2D eigenvalue weighted by Crippen LogP contribution is 2.31. The first-order valence-corrected chi connectivity index (χ1v) is 14.1. The molecular weight excluding hydrogens is 563 g/mol.